The van der Waals surface area contributed by atoms with Gasteiger partial charge in [-0.1, -0.05) is 11.6 Å². The van der Waals surface area contributed by atoms with Crippen LogP contribution < -0.4 is 10.1 Å². The quantitative estimate of drug-likeness (QED) is 0.836. The maximum Gasteiger partial charge on any atom is 0.307 e. The number of nitrogens with one attached hydrogen (secondary N) is 1. The van der Waals surface area contributed by atoms with Gasteiger partial charge < -0.3 is 15.2 Å². The van der Waals surface area contributed by atoms with E-state index in [0.29, 0.717) is 24.3 Å². The number of carbonyl (C=O) groups is 2. The number of hydrogen-bond acceptors (Lipinski definition) is 3. The molecule has 0 aliphatic heterocycles. The van der Waals surface area contributed by atoms with E-state index in [1.165, 1.54) is 0 Å². The zero-order valence-electron chi connectivity index (χ0n) is 12.1. The summed E-state index contributed by atoms with van der Waals surface area (Å²) >= 11 is 0. The third kappa shape index (κ3) is 3.62. The number of rotatable bonds is 4. The average molecular weight is 289 g/mol. The third-order valence-electron chi connectivity index (χ3n) is 3.76. The highest BCUT2D eigenvalue weighted by Crippen LogP contribution is 2.31. The van der Waals surface area contributed by atoms with E-state index in [1.807, 2.05) is 13.0 Å². The molecule has 112 valence electrons. The van der Waals surface area contributed by atoms with Crippen molar-refractivity contribution in [3.8, 4) is 5.75 Å². The van der Waals surface area contributed by atoms with Crippen molar-refractivity contribution in [3.63, 3.8) is 0 Å². The van der Waals surface area contributed by atoms with Gasteiger partial charge in [-0.15, -0.1) is 0 Å². The number of carboxylic acids is 1. The molecule has 0 saturated heterocycles. The summed E-state index contributed by atoms with van der Waals surface area (Å²) in [4.78, 5) is 23.6. The predicted molar refractivity (Wildman–Crippen MR) is 79.2 cm³/mol. The fourth-order valence-corrected chi connectivity index (χ4v) is 2.52. The van der Waals surface area contributed by atoms with Crippen LogP contribution in [0.1, 0.15) is 19.8 Å². The highest BCUT2D eigenvalue weighted by atomic mass is 16.5. The van der Waals surface area contributed by atoms with Gasteiger partial charge in [0.05, 0.1) is 18.9 Å². The summed E-state index contributed by atoms with van der Waals surface area (Å²) in [5.41, 5.74) is 1.69. The Balaban J connectivity index is 2.10. The van der Waals surface area contributed by atoms with Crippen molar-refractivity contribution < 1.29 is 19.4 Å². The number of benzene rings is 1. The number of carboxylic acid groups (broad SMARTS) is 1. The van der Waals surface area contributed by atoms with Gasteiger partial charge in [-0.25, -0.2) is 0 Å². The molecule has 1 aliphatic rings. The fraction of sp³-hybridized carbons (Fsp3) is 0.375. The first-order valence-corrected chi connectivity index (χ1v) is 6.84. The third-order valence-corrected chi connectivity index (χ3v) is 3.76. The molecule has 21 heavy (non-hydrogen) atoms. The van der Waals surface area contributed by atoms with Crippen LogP contribution in [0.4, 0.5) is 5.69 Å². The Kier molecular flexibility index (Phi) is 4.62. The Labute approximate surface area is 123 Å². The number of carbonyl (C=O) groups excluding carboxylic acids is 1. The minimum absolute atomic E-state index is 0.250. The lowest BCUT2D eigenvalue weighted by Crippen LogP contribution is -2.35. The predicted octanol–water partition coefficient (Wildman–Crippen LogP) is 2.69. The van der Waals surface area contributed by atoms with Crippen LogP contribution in [0.25, 0.3) is 0 Å². The van der Waals surface area contributed by atoms with Gasteiger partial charge in [-0.05, 0) is 44.0 Å². The molecular formula is C16H19NO4. The smallest absolute Gasteiger partial charge is 0.307 e. The van der Waals surface area contributed by atoms with Crippen molar-refractivity contribution in [2.45, 2.75) is 19.8 Å². The number of ether oxygens (including phenoxy) is 1. The summed E-state index contributed by atoms with van der Waals surface area (Å²) in [6.07, 6.45) is 2.79. The minimum Gasteiger partial charge on any atom is -0.497 e. The Morgan fingerprint density at radius 3 is 2.48 bits per heavy atom. The molecule has 2 rings (SSSR count). The number of anilines is 1. The van der Waals surface area contributed by atoms with Gasteiger partial charge in [0, 0.05) is 5.69 Å². The maximum absolute atomic E-state index is 12.3. The second kappa shape index (κ2) is 6.43. The van der Waals surface area contributed by atoms with E-state index < -0.39 is 17.8 Å². The van der Waals surface area contributed by atoms with Crippen LogP contribution in [-0.2, 0) is 9.59 Å². The number of aliphatic carboxylic acids is 1. The largest absolute Gasteiger partial charge is 0.497 e. The summed E-state index contributed by atoms with van der Waals surface area (Å²) in [5, 5.41) is 12.0. The van der Waals surface area contributed by atoms with Crippen LogP contribution in [0.2, 0.25) is 0 Å². The fourth-order valence-electron chi connectivity index (χ4n) is 2.52. The zero-order chi connectivity index (χ0) is 15.4. The Bertz CT molecular complexity index is 562. The first-order valence-electron chi connectivity index (χ1n) is 6.84. The van der Waals surface area contributed by atoms with E-state index in [9.17, 15) is 14.7 Å². The van der Waals surface area contributed by atoms with E-state index in [1.54, 1.807) is 31.4 Å². The number of amides is 1. The highest BCUT2D eigenvalue weighted by Gasteiger charge is 2.35. The Hall–Kier alpha value is -2.30. The summed E-state index contributed by atoms with van der Waals surface area (Å²) in [6, 6.07) is 6.96. The van der Waals surface area contributed by atoms with Gasteiger partial charge in [0.1, 0.15) is 5.75 Å². The molecule has 1 aliphatic carbocycles. The van der Waals surface area contributed by atoms with Gasteiger partial charge in [0.25, 0.3) is 0 Å². The highest BCUT2D eigenvalue weighted by molar-refractivity contribution is 5.95. The van der Waals surface area contributed by atoms with Crippen molar-refractivity contribution in [2.24, 2.45) is 11.8 Å². The van der Waals surface area contributed by atoms with Gasteiger partial charge >= 0.3 is 5.97 Å². The molecule has 0 fully saturated rings. The second-order valence-corrected chi connectivity index (χ2v) is 5.26. The first-order chi connectivity index (χ1) is 10.0. The zero-order valence-corrected chi connectivity index (χ0v) is 12.1. The van der Waals surface area contributed by atoms with Crippen molar-refractivity contribution in [2.75, 3.05) is 12.4 Å². The number of methoxy groups -OCH3 is 1. The summed E-state index contributed by atoms with van der Waals surface area (Å²) in [5.74, 6) is -1.66. The second-order valence-electron chi connectivity index (χ2n) is 5.26. The molecule has 5 nitrogen and oxygen atoms in total. The molecule has 0 unspecified atom stereocenters. The van der Waals surface area contributed by atoms with Crippen molar-refractivity contribution in [3.05, 3.63) is 35.9 Å². The van der Waals surface area contributed by atoms with Gasteiger partial charge in [-0.2, -0.15) is 0 Å². The van der Waals surface area contributed by atoms with Gasteiger partial charge in [0.2, 0.25) is 5.91 Å². The van der Waals surface area contributed by atoms with Gasteiger partial charge in [0.15, 0.2) is 0 Å². The van der Waals surface area contributed by atoms with E-state index in [0.717, 1.165) is 5.57 Å². The molecule has 5 heteroatoms. The molecule has 0 heterocycles. The van der Waals surface area contributed by atoms with E-state index in [2.05, 4.69) is 5.32 Å². The van der Waals surface area contributed by atoms with Crippen molar-refractivity contribution in [1.29, 1.82) is 0 Å². The van der Waals surface area contributed by atoms with Crippen molar-refractivity contribution >= 4 is 17.6 Å². The van der Waals surface area contributed by atoms with E-state index in [-0.39, 0.29) is 5.91 Å². The molecule has 0 bridgehead atoms. The summed E-state index contributed by atoms with van der Waals surface area (Å²) < 4.78 is 5.06. The Morgan fingerprint density at radius 2 is 1.90 bits per heavy atom. The van der Waals surface area contributed by atoms with Crippen LogP contribution in [0.3, 0.4) is 0 Å². The molecule has 0 aromatic heterocycles. The van der Waals surface area contributed by atoms with Crippen LogP contribution in [0, 0.1) is 11.8 Å². The molecule has 2 atom stereocenters. The van der Waals surface area contributed by atoms with E-state index in [4.69, 9.17) is 4.74 Å². The summed E-state index contributed by atoms with van der Waals surface area (Å²) in [6.45, 7) is 1.92. The Morgan fingerprint density at radius 1 is 1.24 bits per heavy atom. The summed E-state index contributed by atoms with van der Waals surface area (Å²) in [7, 11) is 1.57. The molecule has 1 aromatic rings. The van der Waals surface area contributed by atoms with Crippen molar-refractivity contribution in [1.82, 2.24) is 0 Å². The monoisotopic (exact) mass is 289 g/mol. The minimum atomic E-state index is -0.923. The normalized spacial score (nSPS) is 21.3. The first kappa shape index (κ1) is 15.1. The lowest BCUT2D eigenvalue weighted by molar-refractivity contribution is -0.146. The molecule has 1 aromatic carbocycles. The molecule has 0 radical (unpaired) electrons. The average Bonchev–Trinajstić information content (AvgIpc) is 2.47. The molecular weight excluding hydrogens is 270 g/mol. The molecule has 0 spiro atoms. The van der Waals surface area contributed by atoms with Crippen LogP contribution in [0.5, 0.6) is 5.75 Å². The SMILES string of the molecule is COc1ccc(NC(=O)[C@H]2CC(C)=CC[C@H]2C(=O)O)cc1. The number of hydrogen-bond donors (Lipinski definition) is 2. The van der Waals surface area contributed by atoms with Crippen LogP contribution in [-0.4, -0.2) is 24.1 Å². The van der Waals surface area contributed by atoms with Crippen LogP contribution >= 0.6 is 0 Å². The molecule has 0 saturated carbocycles. The maximum atomic E-state index is 12.3. The molecule has 1 amide bonds. The van der Waals surface area contributed by atoms with Gasteiger partial charge in [-0.3, -0.25) is 9.59 Å². The lowest BCUT2D eigenvalue weighted by atomic mass is 9.79. The topological polar surface area (TPSA) is 75.6 Å². The standard InChI is InChI=1S/C16H19NO4/c1-10-3-8-13(16(19)20)14(9-10)15(18)17-11-4-6-12(21-2)7-5-11/h3-7,13-14H,8-9H2,1-2H3,(H,17,18)(H,19,20)/t13-,14+/m1/s1. The lowest BCUT2D eigenvalue weighted by Gasteiger charge is -2.26. The van der Waals surface area contributed by atoms with E-state index >= 15 is 0 Å². The molecule has 2 N–H and O–H groups in total. The number of allylic oxidation sites excluding steroid dienone is 2. The van der Waals surface area contributed by atoms with Crippen LogP contribution in [0.15, 0.2) is 35.9 Å².